The van der Waals surface area contributed by atoms with Gasteiger partial charge in [0.15, 0.2) is 11.2 Å². The molecule has 0 spiro atoms. The fourth-order valence-corrected chi connectivity index (χ4v) is 5.99. The molecule has 1 aliphatic rings. The number of nitrogens with one attached hydrogen (secondary N) is 3. The number of carbonyl (C=O) groups excluding carboxylic acids is 1. The van der Waals surface area contributed by atoms with Crippen molar-refractivity contribution in [2.75, 3.05) is 19.5 Å². The molecular weight excluding hydrogens is 552 g/mol. The fourth-order valence-electron chi connectivity index (χ4n) is 4.94. The summed E-state index contributed by atoms with van der Waals surface area (Å²) in [5.74, 6) is 0.676. The maximum atomic E-state index is 13.2. The second-order valence-corrected chi connectivity index (χ2v) is 11.3. The van der Waals surface area contributed by atoms with Gasteiger partial charge in [0.05, 0.1) is 32.0 Å². The van der Waals surface area contributed by atoms with E-state index in [2.05, 4.69) is 20.0 Å². The molecule has 4 aromatic rings. The summed E-state index contributed by atoms with van der Waals surface area (Å²) in [6, 6.07) is 7.93. The van der Waals surface area contributed by atoms with Crippen molar-refractivity contribution in [2.45, 2.75) is 50.7 Å². The molecule has 0 radical (unpaired) electrons. The number of amides is 1. The average Bonchev–Trinajstić information content (AvgIpc) is 3.30. The molecule has 216 valence electrons. The highest BCUT2D eigenvalue weighted by atomic mass is 32.2. The molecular formula is C27H30N6O7S. The Balaban J connectivity index is 1.43. The van der Waals surface area contributed by atoms with Crippen LogP contribution in [0.25, 0.3) is 11.2 Å². The number of carbonyl (C=O) groups is 1. The lowest BCUT2D eigenvalue weighted by Crippen LogP contribution is -2.31. The second-order valence-electron chi connectivity index (χ2n) is 9.57. The molecule has 0 fully saturated rings. The number of fused-ring (bicyclic) bond motifs is 2. The zero-order valence-corrected chi connectivity index (χ0v) is 23.6. The summed E-state index contributed by atoms with van der Waals surface area (Å²) < 4.78 is 43.1. The van der Waals surface area contributed by atoms with Crippen LogP contribution in [0.2, 0.25) is 0 Å². The monoisotopic (exact) mass is 582 g/mol. The Labute approximate surface area is 235 Å². The van der Waals surface area contributed by atoms with Gasteiger partial charge in [-0.3, -0.25) is 19.1 Å². The molecule has 5 rings (SSSR count). The highest BCUT2D eigenvalue weighted by Gasteiger charge is 2.21. The van der Waals surface area contributed by atoms with Crippen molar-refractivity contribution in [3.63, 3.8) is 0 Å². The summed E-state index contributed by atoms with van der Waals surface area (Å²) in [6.07, 6.45) is 3.11. The maximum Gasteiger partial charge on any atom is 0.330 e. The Morgan fingerprint density at radius 2 is 1.76 bits per heavy atom. The van der Waals surface area contributed by atoms with Gasteiger partial charge in [0.2, 0.25) is 15.9 Å². The molecule has 41 heavy (non-hydrogen) atoms. The van der Waals surface area contributed by atoms with Gasteiger partial charge in [-0.25, -0.2) is 22.9 Å². The van der Waals surface area contributed by atoms with Crippen molar-refractivity contribution in [2.24, 2.45) is 0 Å². The third kappa shape index (κ3) is 5.47. The maximum absolute atomic E-state index is 13.2. The first-order chi connectivity index (χ1) is 19.6. The van der Waals surface area contributed by atoms with E-state index in [1.807, 2.05) is 6.92 Å². The number of aryl methyl sites for hydroxylation is 2. The highest BCUT2D eigenvalue weighted by molar-refractivity contribution is 7.89. The van der Waals surface area contributed by atoms with Gasteiger partial charge in [0, 0.05) is 36.3 Å². The van der Waals surface area contributed by atoms with E-state index in [-0.39, 0.29) is 35.1 Å². The fraction of sp³-hybridized carbons (Fsp3) is 0.333. The average molecular weight is 583 g/mol. The Morgan fingerprint density at radius 3 is 2.49 bits per heavy atom. The minimum atomic E-state index is -3.90. The number of hydrogen-bond acceptors (Lipinski definition) is 8. The van der Waals surface area contributed by atoms with Gasteiger partial charge < -0.3 is 19.4 Å². The summed E-state index contributed by atoms with van der Waals surface area (Å²) in [6.45, 7) is 2.29. The lowest BCUT2D eigenvalue weighted by atomic mass is 10.1. The molecule has 3 heterocycles. The minimum absolute atomic E-state index is 0.0179. The van der Waals surface area contributed by atoms with Crippen LogP contribution in [0, 0.1) is 0 Å². The van der Waals surface area contributed by atoms with E-state index in [4.69, 9.17) is 9.47 Å². The first kappa shape index (κ1) is 28.1. The number of benzene rings is 2. The molecule has 2 aromatic heterocycles. The topological polar surface area (TPSA) is 166 Å². The summed E-state index contributed by atoms with van der Waals surface area (Å²) in [4.78, 5) is 43.7. The van der Waals surface area contributed by atoms with E-state index >= 15 is 0 Å². The molecule has 0 saturated heterocycles. The van der Waals surface area contributed by atoms with E-state index in [1.165, 1.54) is 31.2 Å². The summed E-state index contributed by atoms with van der Waals surface area (Å²) in [7, 11) is -0.985. The molecule has 0 atom stereocenters. The van der Waals surface area contributed by atoms with Crippen molar-refractivity contribution in [1.82, 2.24) is 23.8 Å². The zero-order valence-electron chi connectivity index (χ0n) is 22.8. The van der Waals surface area contributed by atoms with Crippen LogP contribution in [0.1, 0.15) is 36.5 Å². The normalized spacial score (nSPS) is 13.5. The van der Waals surface area contributed by atoms with Crippen LogP contribution in [-0.2, 0) is 40.9 Å². The van der Waals surface area contributed by atoms with Crippen molar-refractivity contribution >= 4 is 32.8 Å². The molecule has 14 heteroatoms. The predicted molar refractivity (Wildman–Crippen MR) is 151 cm³/mol. The van der Waals surface area contributed by atoms with Crippen LogP contribution in [0.15, 0.2) is 51.1 Å². The number of ether oxygens (including phenoxy) is 2. The van der Waals surface area contributed by atoms with E-state index in [0.717, 1.165) is 5.56 Å². The third-order valence-electron chi connectivity index (χ3n) is 7.07. The minimum Gasteiger partial charge on any atom is -0.496 e. The van der Waals surface area contributed by atoms with Crippen molar-refractivity contribution in [1.29, 1.82) is 0 Å². The van der Waals surface area contributed by atoms with Crippen LogP contribution < -0.4 is 30.8 Å². The van der Waals surface area contributed by atoms with Gasteiger partial charge in [0.25, 0.3) is 5.56 Å². The van der Waals surface area contributed by atoms with Crippen LogP contribution in [0.5, 0.6) is 11.5 Å². The molecule has 1 amide bonds. The van der Waals surface area contributed by atoms with Gasteiger partial charge in [0.1, 0.15) is 11.5 Å². The summed E-state index contributed by atoms with van der Waals surface area (Å²) >= 11 is 0. The summed E-state index contributed by atoms with van der Waals surface area (Å²) in [5, 5.41) is 2.80. The Hall–Kier alpha value is -4.43. The number of sulfonamides is 1. The van der Waals surface area contributed by atoms with Crippen LogP contribution in [0.4, 0.5) is 5.69 Å². The number of imidazole rings is 1. The van der Waals surface area contributed by atoms with Gasteiger partial charge in [-0.2, -0.15) is 0 Å². The Kier molecular flexibility index (Phi) is 7.69. The Morgan fingerprint density at radius 1 is 1.02 bits per heavy atom. The highest BCUT2D eigenvalue weighted by Crippen LogP contribution is 2.31. The van der Waals surface area contributed by atoms with Gasteiger partial charge in [-0.1, -0.05) is 0 Å². The van der Waals surface area contributed by atoms with Crippen molar-refractivity contribution < 1.29 is 22.7 Å². The lowest BCUT2D eigenvalue weighted by molar-refractivity contribution is -0.116. The third-order valence-corrected chi connectivity index (χ3v) is 8.47. The molecule has 2 aromatic carbocycles. The van der Waals surface area contributed by atoms with Crippen LogP contribution in [-0.4, -0.2) is 47.6 Å². The molecule has 1 aliphatic heterocycles. The van der Waals surface area contributed by atoms with Gasteiger partial charge >= 0.3 is 5.69 Å². The quantitative estimate of drug-likeness (QED) is 0.268. The molecule has 0 aliphatic carbocycles. The van der Waals surface area contributed by atoms with E-state index in [1.54, 1.807) is 28.8 Å². The number of aromatic nitrogens is 4. The molecule has 13 nitrogen and oxygen atoms in total. The number of nitrogens with zero attached hydrogens (tertiary/aromatic N) is 3. The number of aromatic amines is 1. The molecule has 0 saturated carbocycles. The number of rotatable bonds is 9. The second kappa shape index (κ2) is 11.2. The van der Waals surface area contributed by atoms with Crippen LogP contribution in [0.3, 0.4) is 0 Å². The van der Waals surface area contributed by atoms with Gasteiger partial charge in [-0.05, 0) is 55.7 Å². The molecule has 3 N–H and O–H groups in total. The number of H-pyrrole nitrogens is 1. The lowest BCUT2D eigenvalue weighted by Gasteiger charge is -2.17. The zero-order chi connectivity index (χ0) is 29.3. The predicted octanol–water partition coefficient (Wildman–Crippen LogP) is 1.73. The van der Waals surface area contributed by atoms with Crippen molar-refractivity contribution in [3.05, 3.63) is 74.2 Å². The standard InChI is InChI=1S/C27H30N6O7S/c1-4-32-15-28-25-24(32)26(35)31-27(36)33(25)14-18-12-21(39-2)17(11-22(18)40-3)13-29-41(37,38)19-8-9-20-16(10-19)6-5-7-23(34)30-20/h8-12,15,29H,4-7,13-14H2,1-3H3,(H,30,34)(H,31,35,36). The number of hydrogen-bond donors (Lipinski definition) is 3. The summed E-state index contributed by atoms with van der Waals surface area (Å²) in [5.41, 5.74) is 1.82. The van der Waals surface area contributed by atoms with E-state index < -0.39 is 21.3 Å². The Bertz CT molecular complexity index is 1870. The van der Waals surface area contributed by atoms with Crippen LogP contribution >= 0.6 is 0 Å². The van der Waals surface area contributed by atoms with Crippen molar-refractivity contribution in [3.8, 4) is 11.5 Å². The first-order valence-corrected chi connectivity index (χ1v) is 14.5. The molecule has 0 unspecified atom stereocenters. The van der Waals surface area contributed by atoms with E-state index in [0.29, 0.717) is 54.1 Å². The van der Waals surface area contributed by atoms with Gasteiger partial charge in [-0.15, -0.1) is 0 Å². The molecule has 0 bridgehead atoms. The van der Waals surface area contributed by atoms with E-state index in [9.17, 15) is 22.8 Å². The first-order valence-electron chi connectivity index (χ1n) is 13.0. The largest absolute Gasteiger partial charge is 0.496 e. The SMILES string of the molecule is CCn1cnc2c1c(=O)[nH]c(=O)n2Cc1cc(OC)c(CNS(=O)(=O)c2ccc3c(c2)CCCC(=O)N3)cc1OC. The number of methoxy groups -OCH3 is 2. The smallest absolute Gasteiger partial charge is 0.330 e. The number of anilines is 1.